The molecule has 1 aromatic rings. The first-order valence-electron chi connectivity index (χ1n) is 7.06. The third kappa shape index (κ3) is 2.43. The summed E-state index contributed by atoms with van der Waals surface area (Å²) in [6.45, 7) is 0. The van der Waals surface area contributed by atoms with Crippen LogP contribution in [0.4, 0.5) is 5.69 Å². The summed E-state index contributed by atoms with van der Waals surface area (Å²) in [7, 11) is 0. The van der Waals surface area contributed by atoms with Gasteiger partial charge >= 0.3 is 5.97 Å². The molecule has 0 radical (unpaired) electrons. The van der Waals surface area contributed by atoms with E-state index in [0.717, 1.165) is 0 Å². The molecule has 0 aliphatic carbocycles. The van der Waals surface area contributed by atoms with Crippen LogP contribution < -0.4 is 11.1 Å². The van der Waals surface area contributed by atoms with Crippen molar-refractivity contribution in [3.05, 3.63) is 29.8 Å². The minimum atomic E-state index is -1.00. The van der Waals surface area contributed by atoms with Crippen LogP contribution in [0.15, 0.2) is 24.3 Å². The van der Waals surface area contributed by atoms with Crippen LogP contribution in [-0.4, -0.2) is 35.1 Å². The van der Waals surface area contributed by atoms with E-state index in [1.54, 1.807) is 12.1 Å². The standard InChI is InChI=1S/C15H16N2O5/c16-13(18)7-1-3-8(4-2-7)17-14(19)11-9-5-6-10(22-9)12(11)15(20)21/h1-4,9-12H,5-6H2,(H2,16,18)(H,17,19)(H,20,21)/t9-,10-,11-,12-/m1/s1. The maximum atomic E-state index is 12.4. The number of carbonyl (C=O) groups excluding carboxylic acids is 2. The van der Waals surface area contributed by atoms with Crippen molar-refractivity contribution in [2.24, 2.45) is 17.6 Å². The van der Waals surface area contributed by atoms with Gasteiger partial charge < -0.3 is 20.9 Å². The van der Waals surface area contributed by atoms with E-state index in [1.165, 1.54) is 12.1 Å². The molecule has 0 unspecified atom stereocenters. The fraction of sp³-hybridized carbons (Fsp3) is 0.400. The van der Waals surface area contributed by atoms with E-state index in [1.807, 2.05) is 0 Å². The molecule has 22 heavy (non-hydrogen) atoms. The number of carboxylic acids is 1. The van der Waals surface area contributed by atoms with Crippen molar-refractivity contribution in [1.82, 2.24) is 0 Å². The summed E-state index contributed by atoms with van der Waals surface area (Å²) in [6, 6.07) is 6.12. The van der Waals surface area contributed by atoms with E-state index in [0.29, 0.717) is 24.1 Å². The van der Waals surface area contributed by atoms with Crippen LogP contribution in [0.5, 0.6) is 0 Å². The maximum absolute atomic E-state index is 12.4. The van der Waals surface area contributed by atoms with Gasteiger partial charge in [0.15, 0.2) is 0 Å². The zero-order chi connectivity index (χ0) is 15.9. The summed E-state index contributed by atoms with van der Waals surface area (Å²) in [6.07, 6.45) is 0.665. The summed E-state index contributed by atoms with van der Waals surface area (Å²) < 4.78 is 5.57. The number of nitrogens with one attached hydrogen (secondary N) is 1. The van der Waals surface area contributed by atoms with E-state index in [4.69, 9.17) is 10.5 Å². The highest BCUT2D eigenvalue weighted by Crippen LogP contribution is 2.44. The molecule has 2 aliphatic heterocycles. The molecule has 0 aromatic heterocycles. The van der Waals surface area contributed by atoms with Crippen LogP contribution in [0, 0.1) is 11.8 Å². The molecule has 3 rings (SSSR count). The van der Waals surface area contributed by atoms with E-state index < -0.39 is 23.7 Å². The van der Waals surface area contributed by atoms with Crippen molar-refractivity contribution in [1.29, 1.82) is 0 Å². The maximum Gasteiger partial charge on any atom is 0.310 e. The topological polar surface area (TPSA) is 119 Å². The van der Waals surface area contributed by atoms with Gasteiger partial charge in [-0.3, -0.25) is 14.4 Å². The SMILES string of the molecule is NC(=O)c1ccc(NC(=O)[C@H]2[C@H](C(=O)O)[C@H]3CC[C@H]2O3)cc1. The third-order valence-electron chi connectivity index (χ3n) is 4.30. The number of amides is 2. The first kappa shape index (κ1) is 14.5. The molecule has 1 aromatic carbocycles. The van der Waals surface area contributed by atoms with Crippen LogP contribution >= 0.6 is 0 Å². The Balaban J connectivity index is 1.73. The molecule has 4 N–H and O–H groups in total. The van der Waals surface area contributed by atoms with Crippen molar-refractivity contribution in [2.45, 2.75) is 25.0 Å². The highest BCUT2D eigenvalue weighted by molar-refractivity contribution is 5.97. The van der Waals surface area contributed by atoms with Crippen molar-refractivity contribution >= 4 is 23.5 Å². The van der Waals surface area contributed by atoms with Gasteiger partial charge in [0, 0.05) is 11.3 Å². The summed E-state index contributed by atoms with van der Waals surface area (Å²) in [5, 5.41) is 12.0. The van der Waals surface area contributed by atoms with Gasteiger partial charge in [-0.05, 0) is 37.1 Å². The summed E-state index contributed by atoms with van der Waals surface area (Å²) >= 11 is 0. The molecule has 116 valence electrons. The van der Waals surface area contributed by atoms with Crippen molar-refractivity contribution in [3.63, 3.8) is 0 Å². The molecule has 0 saturated carbocycles. The van der Waals surface area contributed by atoms with Gasteiger partial charge in [-0.2, -0.15) is 0 Å². The fourth-order valence-electron chi connectivity index (χ4n) is 3.27. The smallest absolute Gasteiger partial charge is 0.310 e. The van der Waals surface area contributed by atoms with Gasteiger partial charge in [0.1, 0.15) is 0 Å². The molecule has 2 bridgehead atoms. The number of primary amides is 1. The van der Waals surface area contributed by atoms with Crippen LogP contribution in [0.1, 0.15) is 23.2 Å². The first-order chi connectivity index (χ1) is 10.5. The molecule has 7 heteroatoms. The van der Waals surface area contributed by atoms with E-state index in [-0.39, 0.29) is 18.1 Å². The van der Waals surface area contributed by atoms with Crippen LogP contribution in [0.2, 0.25) is 0 Å². The van der Waals surface area contributed by atoms with Gasteiger partial charge in [0.05, 0.1) is 24.0 Å². The number of ether oxygens (including phenoxy) is 1. The quantitative estimate of drug-likeness (QED) is 0.752. The predicted octanol–water partition coefficient (Wildman–Crippen LogP) is 0.602. The molecule has 2 fully saturated rings. The lowest BCUT2D eigenvalue weighted by atomic mass is 9.78. The Morgan fingerprint density at radius 2 is 1.68 bits per heavy atom. The summed E-state index contributed by atoms with van der Waals surface area (Å²) in [5.74, 6) is -3.41. The number of hydrogen-bond donors (Lipinski definition) is 3. The summed E-state index contributed by atoms with van der Waals surface area (Å²) in [4.78, 5) is 34.8. The number of benzene rings is 1. The van der Waals surface area contributed by atoms with Gasteiger partial charge in [-0.25, -0.2) is 0 Å². The lowest BCUT2D eigenvalue weighted by Gasteiger charge is -2.23. The average Bonchev–Trinajstić information content (AvgIpc) is 3.08. The first-order valence-corrected chi connectivity index (χ1v) is 7.06. The molecular weight excluding hydrogens is 288 g/mol. The Labute approximate surface area is 126 Å². The number of aliphatic carboxylic acids is 1. The van der Waals surface area contributed by atoms with Gasteiger partial charge in [0.2, 0.25) is 11.8 Å². The molecule has 2 amide bonds. The molecule has 7 nitrogen and oxygen atoms in total. The number of fused-ring (bicyclic) bond motifs is 2. The van der Waals surface area contributed by atoms with Crippen LogP contribution in [0.25, 0.3) is 0 Å². The molecule has 0 spiro atoms. The average molecular weight is 304 g/mol. The zero-order valence-electron chi connectivity index (χ0n) is 11.7. The molecule has 2 heterocycles. The second-order valence-electron chi connectivity index (χ2n) is 5.61. The lowest BCUT2D eigenvalue weighted by molar-refractivity contribution is -0.147. The number of nitrogens with two attached hydrogens (primary N) is 1. The minimum Gasteiger partial charge on any atom is -0.481 e. The number of anilines is 1. The normalized spacial score (nSPS) is 29.3. The van der Waals surface area contributed by atoms with Gasteiger partial charge in [0.25, 0.3) is 0 Å². The lowest BCUT2D eigenvalue weighted by Crippen LogP contribution is -2.40. The van der Waals surface area contributed by atoms with Gasteiger partial charge in [-0.1, -0.05) is 0 Å². The molecular formula is C15H16N2O5. The highest BCUT2D eigenvalue weighted by Gasteiger charge is 2.55. The van der Waals surface area contributed by atoms with Crippen LogP contribution in [-0.2, 0) is 14.3 Å². The molecule has 2 saturated heterocycles. The Morgan fingerprint density at radius 3 is 2.23 bits per heavy atom. The van der Waals surface area contributed by atoms with Crippen LogP contribution in [0.3, 0.4) is 0 Å². The predicted molar refractivity (Wildman–Crippen MR) is 76.1 cm³/mol. The Hall–Kier alpha value is -2.41. The van der Waals surface area contributed by atoms with Crippen molar-refractivity contribution in [3.8, 4) is 0 Å². The Morgan fingerprint density at radius 1 is 1.09 bits per heavy atom. The minimum absolute atomic E-state index is 0.337. The van der Waals surface area contributed by atoms with E-state index >= 15 is 0 Å². The number of hydrogen-bond acceptors (Lipinski definition) is 4. The zero-order valence-corrected chi connectivity index (χ0v) is 11.7. The largest absolute Gasteiger partial charge is 0.481 e. The van der Waals surface area contributed by atoms with Crippen molar-refractivity contribution in [2.75, 3.05) is 5.32 Å². The molecule has 4 atom stereocenters. The Bertz CT molecular complexity index is 627. The monoisotopic (exact) mass is 304 g/mol. The molecule has 2 aliphatic rings. The highest BCUT2D eigenvalue weighted by atomic mass is 16.5. The van der Waals surface area contributed by atoms with E-state index in [2.05, 4.69) is 5.32 Å². The fourth-order valence-corrected chi connectivity index (χ4v) is 3.27. The van der Waals surface area contributed by atoms with Crippen molar-refractivity contribution < 1.29 is 24.2 Å². The Kier molecular flexibility index (Phi) is 3.58. The number of carboxylic acid groups (broad SMARTS) is 1. The number of carbonyl (C=O) groups is 3. The van der Waals surface area contributed by atoms with E-state index in [9.17, 15) is 19.5 Å². The third-order valence-corrected chi connectivity index (χ3v) is 4.30. The van der Waals surface area contributed by atoms with Gasteiger partial charge in [-0.15, -0.1) is 0 Å². The summed E-state index contributed by atoms with van der Waals surface area (Å²) in [5.41, 5.74) is 5.97. The number of rotatable bonds is 4. The second-order valence-corrected chi connectivity index (χ2v) is 5.61. The second kappa shape index (κ2) is 5.42.